The number of rotatable bonds is 2. The predicted molar refractivity (Wildman–Crippen MR) is 101 cm³/mol. The number of phenolic OH excluding ortho intramolecular Hbond substituents is 1. The molecule has 1 aromatic carbocycles. The second kappa shape index (κ2) is 6.15. The molecular weight excluding hydrogens is 340 g/mol. The van der Waals surface area contributed by atoms with Gasteiger partial charge < -0.3 is 14.3 Å². The van der Waals surface area contributed by atoms with Crippen LogP contribution in [0.4, 0.5) is 0 Å². The number of furan rings is 1. The van der Waals surface area contributed by atoms with Crippen LogP contribution in [-0.2, 0) is 11.2 Å². The van der Waals surface area contributed by atoms with Crippen LogP contribution >= 0.6 is 0 Å². The molecule has 4 nitrogen and oxygen atoms in total. The number of phenols is 1. The summed E-state index contributed by atoms with van der Waals surface area (Å²) in [6.45, 7) is 2.33. The number of benzene rings is 1. The number of hydrogen-bond donors (Lipinski definition) is 1. The van der Waals surface area contributed by atoms with Crippen molar-refractivity contribution in [3.63, 3.8) is 0 Å². The Bertz CT molecular complexity index is 855. The molecule has 0 amide bonds. The summed E-state index contributed by atoms with van der Waals surface area (Å²) in [5.74, 6) is 2.15. The summed E-state index contributed by atoms with van der Waals surface area (Å²) in [7, 11) is 0. The minimum atomic E-state index is -0.335. The third-order valence-corrected chi connectivity index (χ3v) is 7.59. The third-order valence-electron chi connectivity index (χ3n) is 7.59. The van der Waals surface area contributed by atoms with Crippen LogP contribution in [0.5, 0.6) is 5.75 Å². The second-order valence-corrected chi connectivity index (χ2v) is 8.79. The Morgan fingerprint density at radius 3 is 2.93 bits per heavy atom. The molecule has 1 heterocycles. The zero-order valence-electron chi connectivity index (χ0n) is 15.7. The van der Waals surface area contributed by atoms with Gasteiger partial charge in [-0.3, -0.25) is 0 Å². The van der Waals surface area contributed by atoms with Gasteiger partial charge in [-0.05, 0) is 91.7 Å². The molecule has 0 unspecified atom stereocenters. The first kappa shape index (κ1) is 16.9. The molecule has 4 heteroatoms. The van der Waals surface area contributed by atoms with Gasteiger partial charge in [0.05, 0.1) is 6.26 Å². The first-order valence-electron chi connectivity index (χ1n) is 10.1. The highest BCUT2D eigenvalue weighted by molar-refractivity contribution is 5.86. The SMILES string of the molecule is C[C@]12CC[C@@H]3c4ccc(O)cc4CC[C@H]3[C@@H]1CC[C@@H]2OC(=O)c1ccco1. The van der Waals surface area contributed by atoms with Crippen molar-refractivity contribution >= 4 is 5.97 Å². The molecular formula is C23H26O4. The van der Waals surface area contributed by atoms with Crippen molar-refractivity contribution in [1.29, 1.82) is 0 Å². The Hall–Kier alpha value is -2.23. The minimum Gasteiger partial charge on any atom is -0.508 e. The maximum absolute atomic E-state index is 12.4. The van der Waals surface area contributed by atoms with E-state index in [-0.39, 0.29) is 17.5 Å². The van der Waals surface area contributed by atoms with Gasteiger partial charge in [-0.1, -0.05) is 13.0 Å². The highest BCUT2D eigenvalue weighted by Crippen LogP contribution is 2.61. The lowest BCUT2D eigenvalue weighted by atomic mass is 9.55. The van der Waals surface area contributed by atoms with Gasteiger partial charge >= 0.3 is 5.97 Å². The lowest BCUT2D eigenvalue weighted by molar-refractivity contribution is -0.0443. The highest BCUT2D eigenvalue weighted by Gasteiger charge is 2.56. The molecule has 0 saturated heterocycles. The smallest absolute Gasteiger partial charge is 0.374 e. The Kier molecular flexibility index (Phi) is 3.85. The molecule has 0 bridgehead atoms. The van der Waals surface area contributed by atoms with E-state index in [1.165, 1.54) is 23.8 Å². The fourth-order valence-corrected chi connectivity index (χ4v) is 6.30. The predicted octanol–water partition coefficient (Wildman–Crippen LogP) is 5.07. The Morgan fingerprint density at radius 1 is 1.22 bits per heavy atom. The van der Waals surface area contributed by atoms with Gasteiger partial charge in [-0.15, -0.1) is 0 Å². The largest absolute Gasteiger partial charge is 0.508 e. The van der Waals surface area contributed by atoms with Crippen LogP contribution in [0.2, 0.25) is 0 Å². The van der Waals surface area contributed by atoms with Crippen molar-refractivity contribution in [2.24, 2.45) is 17.3 Å². The molecule has 2 fully saturated rings. The van der Waals surface area contributed by atoms with E-state index in [0.717, 1.165) is 32.1 Å². The van der Waals surface area contributed by atoms with Crippen LogP contribution in [0.3, 0.4) is 0 Å². The first-order valence-corrected chi connectivity index (χ1v) is 10.1. The number of aryl methyl sites for hydroxylation is 1. The number of hydrogen-bond acceptors (Lipinski definition) is 4. The summed E-state index contributed by atoms with van der Waals surface area (Å²) in [4.78, 5) is 12.4. The van der Waals surface area contributed by atoms with Crippen molar-refractivity contribution in [2.75, 3.05) is 0 Å². The molecule has 1 N–H and O–H groups in total. The molecule has 5 rings (SSSR count). The van der Waals surface area contributed by atoms with Crippen LogP contribution in [-0.4, -0.2) is 17.2 Å². The van der Waals surface area contributed by atoms with Crippen LogP contribution in [0.1, 0.15) is 66.6 Å². The van der Waals surface area contributed by atoms with E-state index in [9.17, 15) is 9.90 Å². The van der Waals surface area contributed by atoms with Gasteiger partial charge in [0.25, 0.3) is 0 Å². The molecule has 2 saturated carbocycles. The summed E-state index contributed by atoms with van der Waals surface area (Å²) in [6.07, 6.45) is 7.97. The molecule has 5 atom stereocenters. The average Bonchev–Trinajstić information content (AvgIpc) is 3.30. The lowest BCUT2D eigenvalue weighted by Gasteiger charge is -2.50. The fourth-order valence-electron chi connectivity index (χ4n) is 6.30. The van der Waals surface area contributed by atoms with Crippen molar-refractivity contribution in [3.8, 4) is 5.75 Å². The lowest BCUT2D eigenvalue weighted by Crippen LogP contribution is -2.45. The van der Waals surface area contributed by atoms with Crippen molar-refractivity contribution in [3.05, 3.63) is 53.5 Å². The Morgan fingerprint density at radius 2 is 2.11 bits per heavy atom. The van der Waals surface area contributed by atoms with E-state index in [1.54, 1.807) is 12.1 Å². The number of ether oxygens (including phenoxy) is 1. The second-order valence-electron chi connectivity index (χ2n) is 8.79. The Balaban J connectivity index is 1.38. The normalized spacial score (nSPS) is 34.4. The minimum absolute atomic E-state index is 0.0257. The van der Waals surface area contributed by atoms with Gasteiger partial charge in [0.15, 0.2) is 0 Å². The average molecular weight is 366 g/mol. The topological polar surface area (TPSA) is 59.7 Å². The van der Waals surface area contributed by atoms with E-state index in [1.807, 2.05) is 12.1 Å². The maximum Gasteiger partial charge on any atom is 0.374 e. The van der Waals surface area contributed by atoms with E-state index in [4.69, 9.17) is 9.15 Å². The fraction of sp³-hybridized carbons (Fsp3) is 0.522. The maximum atomic E-state index is 12.4. The van der Waals surface area contributed by atoms with Gasteiger partial charge in [0, 0.05) is 5.41 Å². The quantitative estimate of drug-likeness (QED) is 0.754. The van der Waals surface area contributed by atoms with Crippen LogP contribution in [0, 0.1) is 17.3 Å². The molecule has 142 valence electrons. The van der Waals surface area contributed by atoms with Crippen LogP contribution in [0.25, 0.3) is 0 Å². The summed E-state index contributed by atoms with van der Waals surface area (Å²) >= 11 is 0. The standard InChI is InChI=1S/C23H26O4/c1-23-11-10-17-16-7-5-15(24)13-14(16)4-6-18(17)19(23)8-9-21(23)27-22(25)20-3-2-12-26-20/h2-3,5,7,12-13,17-19,21,24H,4,6,8-11H2,1H3/t17-,18-,19+,21+,23+/m1/s1. The first-order chi connectivity index (χ1) is 13.1. The molecule has 3 aliphatic carbocycles. The number of carbonyl (C=O) groups is 1. The monoisotopic (exact) mass is 366 g/mol. The van der Waals surface area contributed by atoms with Crippen LogP contribution in [0.15, 0.2) is 41.0 Å². The van der Waals surface area contributed by atoms with Gasteiger partial charge in [-0.25, -0.2) is 4.79 Å². The number of esters is 1. The van der Waals surface area contributed by atoms with E-state index in [0.29, 0.717) is 29.3 Å². The van der Waals surface area contributed by atoms with E-state index in [2.05, 4.69) is 13.0 Å². The third kappa shape index (κ3) is 2.60. The molecule has 0 aliphatic heterocycles. The molecule has 0 spiro atoms. The van der Waals surface area contributed by atoms with Crippen molar-refractivity contribution in [2.45, 2.75) is 57.5 Å². The molecule has 2 aromatic rings. The van der Waals surface area contributed by atoms with Crippen molar-refractivity contribution in [1.82, 2.24) is 0 Å². The summed E-state index contributed by atoms with van der Waals surface area (Å²) in [5.41, 5.74) is 2.80. The number of fused-ring (bicyclic) bond motifs is 5. The van der Waals surface area contributed by atoms with Gasteiger partial charge in [-0.2, -0.15) is 0 Å². The highest BCUT2D eigenvalue weighted by atomic mass is 16.6. The van der Waals surface area contributed by atoms with Crippen molar-refractivity contribution < 1.29 is 19.1 Å². The molecule has 27 heavy (non-hydrogen) atoms. The van der Waals surface area contributed by atoms with Gasteiger partial charge in [0.2, 0.25) is 5.76 Å². The zero-order valence-corrected chi connectivity index (χ0v) is 15.7. The zero-order chi connectivity index (χ0) is 18.6. The van der Waals surface area contributed by atoms with E-state index < -0.39 is 0 Å². The van der Waals surface area contributed by atoms with Crippen LogP contribution < -0.4 is 0 Å². The summed E-state index contributed by atoms with van der Waals surface area (Å²) < 4.78 is 11.1. The summed E-state index contributed by atoms with van der Waals surface area (Å²) in [5, 5.41) is 9.82. The van der Waals surface area contributed by atoms with E-state index >= 15 is 0 Å². The Labute approximate surface area is 159 Å². The number of aromatic hydroxyl groups is 1. The molecule has 0 radical (unpaired) electrons. The molecule has 3 aliphatic rings. The summed E-state index contributed by atoms with van der Waals surface area (Å²) in [6, 6.07) is 9.30. The molecule has 1 aromatic heterocycles. The number of carbonyl (C=O) groups excluding carboxylic acids is 1. The van der Waals surface area contributed by atoms with Gasteiger partial charge in [0.1, 0.15) is 11.9 Å².